The Morgan fingerprint density at radius 2 is 1.62 bits per heavy atom. The number of hydrogen-bond acceptors (Lipinski definition) is 3. The van der Waals surface area contributed by atoms with Gasteiger partial charge in [-0.2, -0.15) is 8.78 Å². The first-order valence-electron chi connectivity index (χ1n) is 9.99. The molecular formula is C23H18Br2F2N4O3. The molecule has 5 rings (SSSR count). The van der Waals surface area contributed by atoms with Crippen LogP contribution in [0.4, 0.5) is 8.78 Å². The molecule has 0 atom stereocenters. The zero-order valence-corrected chi connectivity index (χ0v) is 20.8. The maximum Gasteiger partial charge on any atom is 0.387 e. The Labute approximate surface area is 208 Å². The summed E-state index contributed by atoms with van der Waals surface area (Å²) in [6.07, 6.45) is 0. The Morgan fingerprint density at radius 3 is 2.35 bits per heavy atom. The van der Waals surface area contributed by atoms with Gasteiger partial charge in [-0.3, -0.25) is 29.6 Å². The van der Waals surface area contributed by atoms with Gasteiger partial charge in [0, 0.05) is 14.5 Å². The molecule has 0 aliphatic carbocycles. The maximum atomic E-state index is 12.6. The third-order valence-corrected chi connectivity index (χ3v) is 6.02. The number of halogens is 4. The monoisotopic (exact) mass is 594 g/mol. The van der Waals surface area contributed by atoms with E-state index in [4.69, 9.17) is 0 Å². The Balaban J connectivity index is 0.000000207. The molecule has 0 aliphatic rings. The standard InChI is InChI=1S/C16H13BrF2N2O2.C7H5BrN2O/c1-9-2-5-14(23-16(18)19)10(6-9)8-21-13-7-11(17)3-4-12(13)15(22)20-21;8-4-1-2-5-6(3-4)9-10-7(5)11/h2-7,16H,8H2,1H3,(H,20,22);1-3H,(H2,9,10,11). The second kappa shape index (κ2) is 9.98. The number of H-pyrrole nitrogens is 3. The fourth-order valence-electron chi connectivity index (χ4n) is 3.51. The summed E-state index contributed by atoms with van der Waals surface area (Å²) in [6, 6.07) is 15.7. The van der Waals surface area contributed by atoms with Gasteiger partial charge in [-0.15, -0.1) is 0 Å². The van der Waals surface area contributed by atoms with Gasteiger partial charge in [0.15, 0.2) is 0 Å². The number of nitrogens with zero attached hydrogens (tertiary/aromatic N) is 1. The smallest absolute Gasteiger partial charge is 0.387 e. The topological polar surface area (TPSA) is 95.7 Å². The van der Waals surface area contributed by atoms with Crippen molar-refractivity contribution in [3.63, 3.8) is 0 Å². The highest BCUT2D eigenvalue weighted by Crippen LogP contribution is 2.25. The van der Waals surface area contributed by atoms with Crippen molar-refractivity contribution in [1.29, 1.82) is 0 Å². The van der Waals surface area contributed by atoms with Gasteiger partial charge in [0.25, 0.3) is 11.1 Å². The summed E-state index contributed by atoms with van der Waals surface area (Å²) in [5, 5.41) is 9.22. The molecule has 0 fully saturated rings. The number of aromatic amines is 3. The molecule has 0 unspecified atom stereocenters. The Morgan fingerprint density at radius 1 is 0.912 bits per heavy atom. The van der Waals surface area contributed by atoms with Gasteiger partial charge in [-0.25, -0.2) is 0 Å². The first kappa shape index (κ1) is 24.0. The highest BCUT2D eigenvalue weighted by atomic mass is 79.9. The molecule has 2 heterocycles. The lowest BCUT2D eigenvalue weighted by atomic mass is 10.1. The number of aryl methyl sites for hydroxylation is 1. The van der Waals surface area contributed by atoms with E-state index in [-0.39, 0.29) is 23.4 Å². The number of hydrogen-bond donors (Lipinski definition) is 3. The summed E-state index contributed by atoms with van der Waals surface area (Å²) < 4.78 is 33.1. The Bertz CT molecular complexity index is 1590. The summed E-state index contributed by atoms with van der Waals surface area (Å²) >= 11 is 6.67. The minimum atomic E-state index is -2.90. The first-order chi connectivity index (χ1) is 16.2. The average molecular weight is 596 g/mol. The second-order valence-electron chi connectivity index (χ2n) is 7.45. The van der Waals surface area contributed by atoms with Gasteiger partial charge in [0.05, 0.1) is 28.4 Å². The molecule has 0 aliphatic heterocycles. The Kier molecular flexibility index (Phi) is 7.03. The molecule has 0 spiro atoms. The molecule has 0 saturated heterocycles. The summed E-state index contributed by atoms with van der Waals surface area (Å²) in [7, 11) is 0. The molecule has 11 heteroatoms. The largest absolute Gasteiger partial charge is 0.434 e. The van der Waals surface area contributed by atoms with Crippen molar-refractivity contribution < 1.29 is 13.5 Å². The SMILES string of the molecule is Cc1ccc(OC(F)F)c(Cn2[nH]c(=O)c3ccc(Br)cc32)c1.O=c1[nH][nH]c2cc(Br)ccc12. The van der Waals surface area contributed by atoms with E-state index in [1.165, 1.54) is 6.07 Å². The summed E-state index contributed by atoms with van der Waals surface area (Å²) in [4.78, 5) is 23.0. The number of fused-ring (bicyclic) bond motifs is 2. The molecule has 0 saturated carbocycles. The zero-order chi connectivity index (χ0) is 24.4. The molecule has 7 nitrogen and oxygen atoms in total. The minimum Gasteiger partial charge on any atom is -0.434 e. The molecule has 176 valence electrons. The lowest BCUT2D eigenvalue weighted by Crippen LogP contribution is -2.10. The lowest BCUT2D eigenvalue weighted by molar-refractivity contribution is -0.0505. The first-order valence-corrected chi connectivity index (χ1v) is 11.6. The number of ether oxygens (including phenoxy) is 1. The molecular weight excluding hydrogens is 578 g/mol. The highest BCUT2D eigenvalue weighted by Gasteiger charge is 2.13. The third-order valence-electron chi connectivity index (χ3n) is 5.03. The fourth-order valence-corrected chi connectivity index (χ4v) is 4.22. The van der Waals surface area contributed by atoms with Crippen LogP contribution >= 0.6 is 31.9 Å². The van der Waals surface area contributed by atoms with E-state index in [2.05, 4.69) is 51.9 Å². The maximum absolute atomic E-state index is 12.6. The molecule has 0 bridgehead atoms. The van der Waals surface area contributed by atoms with Crippen molar-refractivity contribution in [2.24, 2.45) is 0 Å². The predicted molar refractivity (Wildman–Crippen MR) is 134 cm³/mol. The van der Waals surface area contributed by atoms with Crippen LogP contribution in [0, 0.1) is 6.92 Å². The van der Waals surface area contributed by atoms with Gasteiger partial charge in [0.1, 0.15) is 5.75 Å². The van der Waals surface area contributed by atoms with E-state index in [0.717, 1.165) is 20.0 Å². The highest BCUT2D eigenvalue weighted by molar-refractivity contribution is 9.10. The van der Waals surface area contributed by atoms with Crippen LogP contribution in [-0.2, 0) is 6.54 Å². The van der Waals surface area contributed by atoms with Gasteiger partial charge < -0.3 is 4.74 Å². The van der Waals surface area contributed by atoms with Crippen LogP contribution in [0.1, 0.15) is 11.1 Å². The normalized spacial score (nSPS) is 11.1. The van der Waals surface area contributed by atoms with Crippen molar-refractivity contribution in [2.75, 3.05) is 0 Å². The van der Waals surface area contributed by atoms with Crippen LogP contribution in [0.5, 0.6) is 5.75 Å². The van der Waals surface area contributed by atoms with Gasteiger partial charge in [-0.1, -0.05) is 49.6 Å². The molecule has 0 radical (unpaired) electrons. The molecule has 0 amide bonds. The van der Waals surface area contributed by atoms with Gasteiger partial charge in [-0.05, 0) is 49.4 Å². The van der Waals surface area contributed by atoms with E-state index in [1.807, 2.05) is 19.1 Å². The number of rotatable bonds is 4. The average Bonchev–Trinajstić information content (AvgIpc) is 3.29. The number of benzene rings is 3. The fraction of sp³-hybridized carbons (Fsp3) is 0.130. The number of alkyl halides is 2. The summed E-state index contributed by atoms with van der Waals surface area (Å²) in [5.41, 5.74) is 2.70. The van der Waals surface area contributed by atoms with E-state index in [9.17, 15) is 18.4 Å². The lowest BCUT2D eigenvalue weighted by Gasteiger charge is -2.12. The predicted octanol–water partition coefficient (Wildman–Crippen LogP) is 5.67. The quantitative estimate of drug-likeness (QED) is 0.250. The van der Waals surface area contributed by atoms with Crippen LogP contribution in [0.2, 0.25) is 0 Å². The summed E-state index contributed by atoms with van der Waals surface area (Å²) in [5.74, 6) is 0.100. The molecule has 3 N–H and O–H groups in total. The van der Waals surface area contributed by atoms with Crippen LogP contribution < -0.4 is 15.9 Å². The van der Waals surface area contributed by atoms with E-state index in [0.29, 0.717) is 21.9 Å². The van der Waals surface area contributed by atoms with Crippen LogP contribution in [0.25, 0.3) is 21.8 Å². The Hall–Kier alpha value is -3.18. The molecule has 34 heavy (non-hydrogen) atoms. The second-order valence-corrected chi connectivity index (χ2v) is 9.28. The van der Waals surface area contributed by atoms with Gasteiger partial charge in [0.2, 0.25) is 0 Å². The number of aromatic nitrogens is 4. The van der Waals surface area contributed by atoms with Crippen molar-refractivity contribution in [3.05, 3.63) is 95.4 Å². The van der Waals surface area contributed by atoms with Crippen LogP contribution in [0.3, 0.4) is 0 Å². The van der Waals surface area contributed by atoms with Gasteiger partial charge >= 0.3 is 6.61 Å². The number of nitrogens with one attached hydrogen (secondary N) is 3. The van der Waals surface area contributed by atoms with Crippen molar-refractivity contribution in [3.8, 4) is 5.75 Å². The van der Waals surface area contributed by atoms with Crippen molar-refractivity contribution in [2.45, 2.75) is 20.1 Å². The van der Waals surface area contributed by atoms with E-state index < -0.39 is 6.61 Å². The third kappa shape index (κ3) is 5.31. The summed E-state index contributed by atoms with van der Waals surface area (Å²) in [6.45, 7) is -0.812. The molecule has 3 aromatic carbocycles. The zero-order valence-electron chi connectivity index (χ0n) is 17.7. The van der Waals surface area contributed by atoms with Crippen molar-refractivity contribution in [1.82, 2.24) is 20.0 Å². The minimum absolute atomic E-state index is 0.0764. The molecule has 2 aromatic heterocycles. The van der Waals surface area contributed by atoms with E-state index >= 15 is 0 Å². The van der Waals surface area contributed by atoms with Crippen LogP contribution in [0.15, 0.2) is 73.1 Å². The molecule has 5 aromatic rings. The van der Waals surface area contributed by atoms with Crippen molar-refractivity contribution >= 4 is 53.7 Å². The van der Waals surface area contributed by atoms with E-state index in [1.54, 1.807) is 41.1 Å². The van der Waals surface area contributed by atoms with Crippen LogP contribution in [-0.4, -0.2) is 26.6 Å².